The van der Waals surface area contributed by atoms with Gasteiger partial charge in [-0.2, -0.15) is 0 Å². The highest BCUT2D eigenvalue weighted by Crippen LogP contribution is 2.31. The summed E-state index contributed by atoms with van der Waals surface area (Å²) in [5, 5.41) is 10.9. The van der Waals surface area contributed by atoms with E-state index in [4.69, 9.17) is 21.1 Å². The Hall–Kier alpha value is -1.71. The summed E-state index contributed by atoms with van der Waals surface area (Å²) in [5.74, 6) is 1.25. The summed E-state index contributed by atoms with van der Waals surface area (Å²) in [6.45, 7) is 0. The van der Waals surface area contributed by atoms with Crippen molar-refractivity contribution in [3.05, 3.63) is 58.6 Å². The molecule has 1 unspecified atom stereocenters. The van der Waals surface area contributed by atoms with Gasteiger partial charge in [-0.25, -0.2) is 0 Å². The molecule has 0 aliphatic heterocycles. The fraction of sp³-hybridized carbons (Fsp3) is 0.200. The van der Waals surface area contributed by atoms with Crippen LogP contribution in [0.4, 0.5) is 0 Å². The van der Waals surface area contributed by atoms with Gasteiger partial charge in [0, 0.05) is 0 Å². The van der Waals surface area contributed by atoms with Crippen LogP contribution in [-0.2, 0) is 0 Å². The zero-order valence-corrected chi connectivity index (χ0v) is 11.5. The van der Waals surface area contributed by atoms with Gasteiger partial charge in [-0.1, -0.05) is 29.8 Å². The molecule has 0 heterocycles. The number of halogens is 1. The standard InChI is InChI=1S/C15H15ClO3/c1-18-12-5-3-4-10(8-12)15(17)11-6-7-13(16)14(9-11)19-2/h3-9,15,17H,1-2H3. The van der Waals surface area contributed by atoms with E-state index in [0.29, 0.717) is 16.5 Å². The smallest absolute Gasteiger partial charge is 0.137 e. The Morgan fingerprint density at radius 1 is 1.00 bits per heavy atom. The van der Waals surface area contributed by atoms with Gasteiger partial charge in [-0.05, 0) is 35.4 Å². The quantitative estimate of drug-likeness (QED) is 0.931. The Morgan fingerprint density at radius 2 is 1.74 bits per heavy atom. The monoisotopic (exact) mass is 278 g/mol. The molecule has 0 aliphatic rings. The normalized spacial score (nSPS) is 12.0. The van der Waals surface area contributed by atoms with Gasteiger partial charge in [0.2, 0.25) is 0 Å². The number of benzene rings is 2. The van der Waals surface area contributed by atoms with Crippen LogP contribution in [-0.4, -0.2) is 19.3 Å². The van der Waals surface area contributed by atoms with Crippen LogP contribution in [0.1, 0.15) is 17.2 Å². The van der Waals surface area contributed by atoms with Crippen molar-refractivity contribution >= 4 is 11.6 Å². The molecule has 0 fully saturated rings. The third kappa shape index (κ3) is 3.00. The van der Waals surface area contributed by atoms with E-state index in [-0.39, 0.29) is 0 Å². The van der Waals surface area contributed by atoms with E-state index >= 15 is 0 Å². The number of aliphatic hydroxyl groups is 1. The van der Waals surface area contributed by atoms with Crippen molar-refractivity contribution in [2.75, 3.05) is 14.2 Å². The summed E-state index contributed by atoms with van der Waals surface area (Å²) < 4.78 is 10.3. The van der Waals surface area contributed by atoms with Crippen LogP contribution in [0.2, 0.25) is 5.02 Å². The Bertz CT molecular complexity index is 569. The van der Waals surface area contributed by atoms with Crippen molar-refractivity contribution in [2.24, 2.45) is 0 Å². The topological polar surface area (TPSA) is 38.7 Å². The van der Waals surface area contributed by atoms with Gasteiger partial charge in [0.15, 0.2) is 0 Å². The first-order valence-corrected chi connectivity index (χ1v) is 6.19. The molecule has 4 heteroatoms. The number of aliphatic hydroxyl groups excluding tert-OH is 1. The van der Waals surface area contributed by atoms with Crippen LogP contribution in [0, 0.1) is 0 Å². The lowest BCUT2D eigenvalue weighted by Crippen LogP contribution is -2.00. The number of hydrogen-bond acceptors (Lipinski definition) is 3. The van der Waals surface area contributed by atoms with E-state index in [9.17, 15) is 5.11 Å². The SMILES string of the molecule is COc1cccc(C(O)c2ccc(Cl)c(OC)c2)c1. The summed E-state index contributed by atoms with van der Waals surface area (Å²) in [7, 11) is 3.14. The third-order valence-electron chi connectivity index (χ3n) is 2.90. The van der Waals surface area contributed by atoms with E-state index < -0.39 is 6.10 Å². The van der Waals surface area contributed by atoms with E-state index in [1.165, 1.54) is 0 Å². The first kappa shape index (κ1) is 13.7. The van der Waals surface area contributed by atoms with Gasteiger partial charge in [-0.3, -0.25) is 0 Å². The maximum absolute atomic E-state index is 10.4. The first-order chi connectivity index (χ1) is 9.15. The molecular formula is C15H15ClO3. The molecule has 2 aromatic carbocycles. The van der Waals surface area contributed by atoms with Crippen LogP contribution >= 0.6 is 11.6 Å². The highest BCUT2D eigenvalue weighted by Gasteiger charge is 2.13. The molecule has 0 aliphatic carbocycles. The van der Waals surface area contributed by atoms with Crippen molar-refractivity contribution < 1.29 is 14.6 Å². The summed E-state index contributed by atoms with van der Waals surface area (Å²) in [5.41, 5.74) is 1.47. The van der Waals surface area contributed by atoms with Crippen molar-refractivity contribution in [2.45, 2.75) is 6.10 Å². The molecule has 0 amide bonds. The Morgan fingerprint density at radius 3 is 2.42 bits per heavy atom. The number of methoxy groups -OCH3 is 2. The van der Waals surface area contributed by atoms with Crippen LogP contribution in [0.25, 0.3) is 0 Å². The van der Waals surface area contributed by atoms with Crippen molar-refractivity contribution in [1.29, 1.82) is 0 Å². The largest absolute Gasteiger partial charge is 0.497 e. The molecule has 19 heavy (non-hydrogen) atoms. The lowest BCUT2D eigenvalue weighted by Gasteiger charge is -2.14. The molecule has 2 rings (SSSR count). The lowest BCUT2D eigenvalue weighted by atomic mass is 10.0. The van der Waals surface area contributed by atoms with Gasteiger partial charge in [0.1, 0.15) is 17.6 Å². The van der Waals surface area contributed by atoms with Gasteiger partial charge in [0.05, 0.1) is 19.2 Å². The Labute approximate surface area is 117 Å². The molecule has 100 valence electrons. The second-order valence-corrected chi connectivity index (χ2v) is 4.48. The molecule has 3 nitrogen and oxygen atoms in total. The van der Waals surface area contributed by atoms with Gasteiger partial charge < -0.3 is 14.6 Å². The number of hydrogen-bond donors (Lipinski definition) is 1. The fourth-order valence-corrected chi connectivity index (χ4v) is 2.05. The van der Waals surface area contributed by atoms with Crippen LogP contribution in [0.5, 0.6) is 11.5 Å². The predicted molar refractivity (Wildman–Crippen MR) is 75.1 cm³/mol. The summed E-state index contributed by atoms with van der Waals surface area (Å²) in [4.78, 5) is 0. The molecule has 1 N–H and O–H groups in total. The van der Waals surface area contributed by atoms with Crippen LogP contribution in [0.3, 0.4) is 0 Å². The van der Waals surface area contributed by atoms with E-state index in [2.05, 4.69) is 0 Å². The summed E-state index contributed by atoms with van der Waals surface area (Å²) >= 11 is 5.97. The third-order valence-corrected chi connectivity index (χ3v) is 3.21. The maximum atomic E-state index is 10.4. The molecule has 0 saturated heterocycles. The Balaban J connectivity index is 2.35. The minimum atomic E-state index is -0.749. The van der Waals surface area contributed by atoms with Gasteiger partial charge in [-0.15, -0.1) is 0 Å². The zero-order chi connectivity index (χ0) is 13.8. The van der Waals surface area contributed by atoms with Crippen molar-refractivity contribution in [1.82, 2.24) is 0 Å². The molecule has 0 radical (unpaired) electrons. The molecule has 0 bridgehead atoms. The average molecular weight is 279 g/mol. The zero-order valence-electron chi connectivity index (χ0n) is 10.8. The second kappa shape index (κ2) is 5.95. The van der Waals surface area contributed by atoms with Gasteiger partial charge in [0.25, 0.3) is 0 Å². The Kier molecular flexibility index (Phi) is 4.30. The molecule has 0 saturated carbocycles. The lowest BCUT2D eigenvalue weighted by molar-refractivity contribution is 0.219. The van der Waals surface area contributed by atoms with Crippen molar-refractivity contribution in [3.63, 3.8) is 0 Å². The molecule has 2 aromatic rings. The molecular weight excluding hydrogens is 264 g/mol. The highest BCUT2D eigenvalue weighted by atomic mass is 35.5. The second-order valence-electron chi connectivity index (χ2n) is 4.07. The predicted octanol–water partition coefficient (Wildman–Crippen LogP) is 3.44. The van der Waals surface area contributed by atoms with Crippen molar-refractivity contribution in [3.8, 4) is 11.5 Å². The number of ether oxygens (including phenoxy) is 2. The minimum Gasteiger partial charge on any atom is -0.497 e. The maximum Gasteiger partial charge on any atom is 0.137 e. The first-order valence-electron chi connectivity index (χ1n) is 5.81. The van der Waals surface area contributed by atoms with Gasteiger partial charge >= 0.3 is 0 Å². The van der Waals surface area contributed by atoms with E-state index in [0.717, 1.165) is 11.1 Å². The fourth-order valence-electron chi connectivity index (χ4n) is 1.85. The van der Waals surface area contributed by atoms with E-state index in [1.54, 1.807) is 38.5 Å². The average Bonchev–Trinajstić information content (AvgIpc) is 2.47. The molecule has 0 spiro atoms. The van der Waals surface area contributed by atoms with Crippen LogP contribution in [0.15, 0.2) is 42.5 Å². The highest BCUT2D eigenvalue weighted by molar-refractivity contribution is 6.32. The number of rotatable bonds is 4. The van der Waals surface area contributed by atoms with Crippen LogP contribution < -0.4 is 9.47 Å². The molecule has 0 aromatic heterocycles. The summed E-state index contributed by atoms with van der Waals surface area (Å²) in [6, 6.07) is 12.5. The van der Waals surface area contributed by atoms with E-state index in [1.807, 2.05) is 18.2 Å². The summed E-state index contributed by atoms with van der Waals surface area (Å²) in [6.07, 6.45) is -0.749. The molecule has 1 atom stereocenters. The minimum absolute atomic E-state index is 0.518.